The molecule has 1 saturated carbocycles. The van der Waals surface area contributed by atoms with Crippen LogP contribution in [0.1, 0.15) is 74.1 Å². The van der Waals surface area contributed by atoms with Crippen LogP contribution in [-0.4, -0.2) is 0 Å². The maximum absolute atomic E-state index is 2.42. The molecule has 0 aliphatic heterocycles. The molecule has 0 amide bonds. The highest BCUT2D eigenvalue weighted by atomic mass is 14.2. The number of hydrogen-bond donors (Lipinski definition) is 0. The zero-order valence-electron chi connectivity index (χ0n) is 20.6. The Bertz CT molecular complexity index is 976. The zero-order chi connectivity index (χ0) is 22.5. The van der Waals surface area contributed by atoms with Crippen molar-refractivity contribution < 1.29 is 0 Å². The van der Waals surface area contributed by atoms with E-state index >= 15 is 0 Å². The Hall–Kier alpha value is -2.34. The Morgan fingerprint density at radius 3 is 1.88 bits per heavy atom. The van der Waals surface area contributed by atoms with E-state index in [1.54, 1.807) is 0 Å². The van der Waals surface area contributed by atoms with Crippen LogP contribution in [0.15, 0.2) is 60.7 Å². The zero-order valence-corrected chi connectivity index (χ0v) is 20.6. The van der Waals surface area contributed by atoms with Gasteiger partial charge in [-0.2, -0.15) is 0 Å². The highest BCUT2D eigenvalue weighted by Crippen LogP contribution is 2.33. The van der Waals surface area contributed by atoms with Gasteiger partial charge in [0.15, 0.2) is 0 Å². The summed E-state index contributed by atoms with van der Waals surface area (Å²) in [4.78, 5) is 0. The summed E-state index contributed by atoms with van der Waals surface area (Å²) in [6, 6.07) is 22.9. The van der Waals surface area contributed by atoms with Crippen LogP contribution < -0.4 is 0 Å². The van der Waals surface area contributed by atoms with Crippen LogP contribution in [0, 0.1) is 32.6 Å². The minimum atomic E-state index is 0.969. The third kappa shape index (κ3) is 5.71. The SMILES string of the molecule is Cc1ccc(-c2c(C)cc(-c3ccc(CCCCC4CCC(C)CC4)cc3)cc2C)cc1. The number of unbranched alkanes of at least 4 members (excludes halogenated alkanes) is 1. The molecule has 0 heteroatoms. The lowest BCUT2D eigenvalue weighted by atomic mass is 9.80. The molecule has 0 atom stereocenters. The van der Waals surface area contributed by atoms with E-state index in [2.05, 4.69) is 88.4 Å². The monoisotopic (exact) mass is 424 g/mol. The van der Waals surface area contributed by atoms with Crippen LogP contribution in [0.25, 0.3) is 22.3 Å². The molecule has 0 N–H and O–H groups in total. The molecule has 4 rings (SSSR count). The second-order valence-electron chi connectivity index (χ2n) is 10.4. The van der Waals surface area contributed by atoms with Crippen molar-refractivity contribution in [3.05, 3.63) is 82.9 Å². The molecule has 32 heavy (non-hydrogen) atoms. The van der Waals surface area contributed by atoms with E-state index in [-0.39, 0.29) is 0 Å². The first-order chi connectivity index (χ1) is 15.5. The molecule has 3 aromatic rings. The summed E-state index contributed by atoms with van der Waals surface area (Å²) in [6.45, 7) is 9.05. The van der Waals surface area contributed by atoms with Gasteiger partial charge in [0, 0.05) is 0 Å². The lowest BCUT2D eigenvalue weighted by Gasteiger charge is -2.26. The van der Waals surface area contributed by atoms with Gasteiger partial charge < -0.3 is 0 Å². The fourth-order valence-electron chi connectivity index (χ4n) is 5.55. The molecule has 0 nitrogen and oxygen atoms in total. The first-order valence-electron chi connectivity index (χ1n) is 12.8. The maximum atomic E-state index is 2.42. The molecule has 0 radical (unpaired) electrons. The third-order valence-electron chi connectivity index (χ3n) is 7.62. The van der Waals surface area contributed by atoms with Crippen molar-refractivity contribution in [2.45, 2.75) is 79.1 Å². The van der Waals surface area contributed by atoms with E-state index in [0.717, 1.165) is 11.8 Å². The van der Waals surface area contributed by atoms with Gasteiger partial charge in [0.25, 0.3) is 0 Å². The van der Waals surface area contributed by atoms with E-state index in [1.165, 1.54) is 95.9 Å². The predicted octanol–water partition coefficient (Wildman–Crippen LogP) is 9.48. The van der Waals surface area contributed by atoms with E-state index in [4.69, 9.17) is 0 Å². The van der Waals surface area contributed by atoms with Crippen molar-refractivity contribution in [3.63, 3.8) is 0 Å². The van der Waals surface area contributed by atoms with Crippen molar-refractivity contribution in [3.8, 4) is 22.3 Å². The van der Waals surface area contributed by atoms with Gasteiger partial charge in [-0.3, -0.25) is 0 Å². The van der Waals surface area contributed by atoms with Crippen LogP contribution >= 0.6 is 0 Å². The number of hydrogen-bond acceptors (Lipinski definition) is 0. The minimum Gasteiger partial charge on any atom is -0.0625 e. The smallest absolute Gasteiger partial charge is 0.0125 e. The summed E-state index contributed by atoms with van der Waals surface area (Å²) >= 11 is 0. The highest BCUT2D eigenvalue weighted by Gasteiger charge is 2.17. The van der Waals surface area contributed by atoms with Crippen molar-refractivity contribution in [1.82, 2.24) is 0 Å². The molecular weight excluding hydrogens is 384 g/mol. The van der Waals surface area contributed by atoms with Crippen LogP contribution in [0.4, 0.5) is 0 Å². The second-order valence-corrected chi connectivity index (χ2v) is 10.4. The molecule has 1 aliphatic carbocycles. The average Bonchev–Trinajstić information content (AvgIpc) is 2.79. The topological polar surface area (TPSA) is 0 Å². The fraction of sp³-hybridized carbons (Fsp3) is 0.438. The number of rotatable bonds is 7. The van der Waals surface area contributed by atoms with Gasteiger partial charge in [-0.25, -0.2) is 0 Å². The fourth-order valence-corrected chi connectivity index (χ4v) is 5.55. The summed E-state index contributed by atoms with van der Waals surface area (Å²) in [5.74, 6) is 1.97. The summed E-state index contributed by atoms with van der Waals surface area (Å²) in [7, 11) is 0. The maximum Gasteiger partial charge on any atom is -0.0125 e. The molecule has 0 aromatic heterocycles. The van der Waals surface area contributed by atoms with E-state index in [0.29, 0.717) is 0 Å². The van der Waals surface area contributed by atoms with Crippen LogP contribution in [-0.2, 0) is 6.42 Å². The Labute approximate surface area is 196 Å². The van der Waals surface area contributed by atoms with Gasteiger partial charge in [0.05, 0.1) is 0 Å². The minimum absolute atomic E-state index is 0.969. The van der Waals surface area contributed by atoms with Crippen molar-refractivity contribution in [1.29, 1.82) is 0 Å². The Kier molecular flexibility index (Phi) is 7.51. The third-order valence-corrected chi connectivity index (χ3v) is 7.62. The van der Waals surface area contributed by atoms with Gasteiger partial charge in [0.2, 0.25) is 0 Å². The normalized spacial score (nSPS) is 18.6. The highest BCUT2D eigenvalue weighted by molar-refractivity contribution is 5.76. The van der Waals surface area contributed by atoms with Gasteiger partial charge in [-0.05, 0) is 84.4 Å². The van der Waals surface area contributed by atoms with Gasteiger partial charge in [-0.15, -0.1) is 0 Å². The van der Waals surface area contributed by atoms with E-state index in [9.17, 15) is 0 Å². The van der Waals surface area contributed by atoms with Crippen LogP contribution in [0.5, 0.6) is 0 Å². The second kappa shape index (κ2) is 10.5. The van der Waals surface area contributed by atoms with Crippen LogP contribution in [0.2, 0.25) is 0 Å². The van der Waals surface area contributed by atoms with Crippen molar-refractivity contribution in [2.24, 2.45) is 11.8 Å². The first kappa shape index (κ1) is 22.8. The van der Waals surface area contributed by atoms with Crippen molar-refractivity contribution in [2.75, 3.05) is 0 Å². The van der Waals surface area contributed by atoms with Crippen molar-refractivity contribution >= 4 is 0 Å². The summed E-state index contributed by atoms with van der Waals surface area (Å²) in [5, 5.41) is 0. The average molecular weight is 425 g/mol. The van der Waals surface area contributed by atoms with Crippen LogP contribution in [0.3, 0.4) is 0 Å². The lowest BCUT2D eigenvalue weighted by molar-refractivity contribution is 0.272. The molecule has 0 bridgehead atoms. The lowest BCUT2D eigenvalue weighted by Crippen LogP contribution is -2.12. The first-order valence-corrected chi connectivity index (χ1v) is 12.8. The number of benzene rings is 3. The quantitative estimate of drug-likeness (QED) is 0.331. The summed E-state index contributed by atoms with van der Waals surface area (Å²) in [5.41, 5.74) is 10.8. The van der Waals surface area contributed by atoms with Gasteiger partial charge in [0.1, 0.15) is 0 Å². The standard InChI is InChI=1S/C32H40/c1-23-9-13-27(14-10-23)7-5-6-8-28-15-19-29(20-16-28)31-21-25(3)32(26(4)22-31)30-17-11-24(2)12-18-30/h11-12,15-23,27H,5-10,13-14H2,1-4H3. The molecule has 0 unspecified atom stereocenters. The summed E-state index contributed by atoms with van der Waals surface area (Å²) < 4.78 is 0. The molecule has 0 saturated heterocycles. The summed E-state index contributed by atoms with van der Waals surface area (Å²) in [6.07, 6.45) is 11.2. The molecule has 1 aliphatic rings. The Balaban J connectivity index is 1.36. The Morgan fingerprint density at radius 2 is 1.25 bits per heavy atom. The van der Waals surface area contributed by atoms with E-state index < -0.39 is 0 Å². The van der Waals surface area contributed by atoms with Gasteiger partial charge in [-0.1, -0.05) is 112 Å². The molecule has 168 valence electrons. The molecular formula is C32H40. The van der Waals surface area contributed by atoms with Gasteiger partial charge >= 0.3 is 0 Å². The molecule has 3 aromatic carbocycles. The van der Waals surface area contributed by atoms with E-state index in [1.807, 2.05) is 0 Å². The predicted molar refractivity (Wildman–Crippen MR) is 140 cm³/mol. The molecule has 0 heterocycles. The number of aryl methyl sites for hydroxylation is 4. The Morgan fingerprint density at radius 1 is 0.656 bits per heavy atom. The molecule has 0 spiro atoms. The molecule has 1 fully saturated rings. The largest absolute Gasteiger partial charge is 0.0625 e.